The topological polar surface area (TPSA) is 40.2 Å². The Kier molecular flexibility index (Phi) is 9.36. The van der Waals surface area contributed by atoms with Crippen LogP contribution in [0.3, 0.4) is 0 Å². The molecule has 0 radical (unpaired) electrons. The molecule has 1 aliphatic rings. The molecule has 3 aromatic carbocycles. The van der Waals surface area contributed by atoms with Crippen molar-refractivity contribution in [2.75, 3.05) is 52.6 Å². The van der Waals surface area contributed by atoms with Crippen LogP contribution < -0.4 is 0 Å². The summed E-state index contributed by atoms with van der Waals surface area (Å²) in [5.74, 6) is 0.854. The lowest BCUT2D eigenvalue weighted by atomic mass is 9.84. The van der Waals surface area contributed by atoms with E-state index in [1.807, 2.05) is 16.7 Å². The van der Waals surface area contributed by atoms with Crippen LogP contribution in [0, 0.1) is 0 Å². The van der Waals surface area contributed by atoms with Gasteiger partial charge in [0.2, 0.25) is 0 Å². The van der Waals surface area contributed by atoms with Crippen LogP contribution in [0.5, 0.6) is 0 Å². The zero-order valence-electron chi connectivity index (χ0n) is 18.8. The average Bonchev–Trinajstić information content (AvgIpc) is 2.90. The SMILES string of the molecule is c1ccc(C(SCCOCCOCN2COCOC2)(c2ccccc2)c2ccccc2)cc1. The van der Waals surface area contributed by atoms with Crippen molar-refractivity contribution in [1.29, 1.82) is 0 Å². The van der Waals surface area contributed by atoms with Gasteiger partial charge >= 0.3 is 0 Å². The molecule has 0 atom stereocenters. The third-order valence-electron chi connectivity index (χ3n) is 5.45. The van der Waals surface area contributed by atoms with Crippen molar-refractivity contribution < 1.29 is 18.9 Å². The molecule has 4 rings (SSSR count). The monoisotopic (exact) mass is 465 g/mol. The number of thioether (sulfide) groups is 1. The van der Waals surface area contributed by atoms with E-state index in [4.69, 9.17) is 18.9 Å². The molecule has 1 aliphatic heterocycles. The van der Waals surface area contributed by atoms with Crippen LogP contribution >= 0.6 is 11.8 Å². The molecule has 0 bridgehead atoms. The van der Waals surface area contributed by atoms with Gasteiger partial charge in [-0.1, -0.05) is 91.0 Å². The summed E-state index contributed by atoms with van der Waals surface area (Å²) in [7, 11) is 0. The minimum atomic E-state index is -0.308. The molecule has 0 amide bonds. The van der Waals surface area contributed by atoms with Crippen LogP contribution in [0.1, 0.15) is 16.7 Å². The first-order chi connectivity index (χ1) is 16.4. The lowest BCUT2D eigenvalue weighted by Crippen LogP contribution is -2.36. The summed E-state index contributed by atoms with van der Waals surface area (Å²) in [6.07, 6.45) is 0. The Morgan fingerprint density at radius 3 is 1.67 bits per heavy atom. The molecule has 0 unspecified atom stereocenters. The highest BCUT2D eigenvalue weighted by atomic mass is 32.2. The largest absolute Gasteiger partial charge is 0.378 e. The van der Waals surface area contributed by atoms with E-state index in [1.165, 1.54) is 16.7 Å². The van der Waals surface area contributed by atoms with Crippen molar-refractivity contribution in [3.05, 3.63) is 108 Å². The molecule has 5 nitrogen and oxygen atoms in total. The van der Waals surface area contributed by atoms with Gasteiger partial charge in [-0.15, -0.1) is 11.8 Å². The summed E-state index contributed by atoms with van der Waals surface area (Å²) in [4.78, 5) is 1.95. The van der Waals surface area contributed by atoms with Gasteiger partial charge in [0, 0.05) is 5.75 Å². The molecule has 0 saturated carbocycles. The maximum absolute atomic E-state index is 5.90. The Morgan fingerprint density at radius 2 is 1.15 bits per heavy atom. The second-order valence-electron chi connectivity index (χ2n) is 7.73. The summed E-state index contributed by atoms with van der Waals surface area (Å²) >= 11 is 1.91. The van der Waals surface area contributed by atoms with Gasteiger partial charge in [0.15, 0.2) is 0 Å². The van der Waals surface area contributed by atoms with E-state index in [-0.39, 0.29) is 4.75 Å². The Morgan fingerprint density at radius 1 is 0.667 bits per heavy atom. The molecular formula is C27H31NO4S. The van der Waals surface area contributed by atoms with Crippen LogP contribution in [0.2, 0.25) is 0 Å². The smallest absolute Gasteiger partial charge is 0.150 e. The van der Waals surface area contributed by atoms with Gasteiger partial charge in [-0.25, -0.2) is 4.90 Å². The van der Waals surface area contributed by atoms with Gasteiger partial charge < -0.3 is 18.9 Å². The third kappa shape index (κ3) is 6.44. The Balaban J connectivity index is 1.38. The molecule has 1 saturated heterocycles. The van der Waals surface area contributed by atoms with Crippen molar-refractivity contribution in [2.45, 2.75) is 4.75 Å². The zero-order chi connectivity index (χ0) is 22.6. The highest BCUT2D eigenvalue weighted by molar-refractivity contribution is 8.00. The second-order valence-corrected chi connectivity index (χ2v) is 9.04. The Hall–Kier alpha value is -2.19. The van der Waals surface area contributed by atoms with E-state index in [0.717, 1.165) is 5.75 Å². The highest BCUT2D eigenvalue weighted by Gasteiger charge is 2.36. The molecule has 1 fully saturated rings. The summed E-state index contributed by atoms with van der Waals surface area (Å²) in [5, 5.41) is 0. The number of ether oxygens (including phenoxy) is 4. The molecule has 174 valence electrons. The Labute approximate surface area is 200 Å². The van der Waals surface area contributed by atoms with E-state index in [9.17, 15) is 0 Å². The van der Waals surface area contributed by atoms with Crippen LogP contribution in [-0.2, 0) is 23.7 Å². The van der Waals surface area contributed by atoms with Crippen molar-refractivity contribution in [2.24, 2.45) is 0 Å². The number of rotatable bonds is 12. The fraction of sp³-hybridized carbons (Fsp3) is 0.333. The summed E-state index contributed by atoms with van der Waals surface area (Å²) in [5.41, 5.74) is 3.80. The maximum Gasteiger partial charge on any atom is 0.150 e. The number of benzene rings is 3. The minimum absolute atomic E-state index is 0.308. The lowest BCUT2D eigenvalue weighted by Gasteiger charge is -2.35. The predicted octanol–water partition coefficient (Wildman–Crippen LogP) is 4.92. The molecule has 0 spiro atoms. The predicted molar refractivity (Wildman–Crippen MR) is 132 cm³/mol. The average molecular weight is 466 g/mol. The third-order valence-corrected chi connectivity index (χ3v) is 6.96. The molecule has 0 N–H and O–H groups in total. The first-order valence-electron chi connectivity index (χ1n) is 11.2. The van der Waals surface area contributed by atoms with Gasteiger partial charge in [0.1, 0.15) is 27.0 Å². The van der Waals surface area contributed by atoms with Crippen LogP contribution in [0.4, 0.5) is 0 Å². The fourth-order valence-corrected chi connectivity index (χ4v) is 5.35. The molecule has 6 heteroatoms. The second kappa shape index (κ2) is 12.9. The van der Waals surface area contributed by atoms with Gasteiger partial charge in [-0.3, -0.25) is 0 Å². The molecule has 1 heterocycles. The first kappa shape index (κ1) is 24.0. The molecule has 33 heavy (non-hydrogen) atoms. The number of hydrogen-bond acceptors (Lipinski definition) is 6. The van der Waals surface area contributed by atoms with E-state index in [2.05, 4.69) is 91.0 Å². The zero-order valence-corrected chi connectivity index (χ0v) is 19.6. The number of hydrogen-bond donors (Lipinski definition) is 0. The van der Waals surface area contributed by atoms with E-state index >= 15 is 0 Å². The van der Waals surface area contributed by atoms with Crippen LogP contribution in [0.25, 0.3) is 0 Å². The van der Waals surface area contributed by atoms with Gasteiger partial charge in [0.25, 0.3) is 0 Å². The van der Waals surface area contributed by atoms with Crippen LogP contribution in [0.15, 0.2) is 91.0 Å². The van der Waals surface area contributed by atoms with Crippen molar-refractivity contribution in [3.8, 4) is 0 Å². The van der Waals surface area contributed by atoms with Crippen molar-refractivity contribution in [3.63, 3.8) is 0 Å². The highest BCUT2D eigenvalue weighted by Crippen LogP contribution is 2.48. The molecular weight excluding hydrogens is 434 g/mol. The molecule has 3 aromatic rings. The van der Waals surface area contributed by atoms with Crippen molar-refractivity contribution >= 4 is 11.8 Å². The molecule has 0 aliphatic carbocycles. The summed E-state index contributed by atoms with van der Waals surface area (Å²) in [6.45, 7) is 3.67. The van der Waals surface area contributed by atoms with Crippen LogP contribution in [-0.4, -0.2) is 57.5 Å². The van der Waals surface area contributed by atoms with Gasteiger partial charge in [0.05, 0.1) is 24.6 Å². The molecule has 0 aromatic heterocycles. The maximum atomic E-state index is 5.90. The standard InChI is InChI=1S/C27H31NO4S/c1-4-10-24(11-5-1)27(25-12-6-2-7-13-25,26-14-8-3-9-15-26)33-19-18-29-16-17-30-20-28-21-31-23-32-22-28/h1-15H,16-23H2. The van der Waals surface area contributed by atoms with E-state index in [1.54, 1.807) is 0 Å². The minimum Gasteiger partial charge on any atom is -0.378 e. The first-order valence-corrected chi connectivity index (χ1v) is 12.2. The summed E-state index contributed by atoms with van der Waals surface area (Å²) in [6, 6.07) is 32.2. The van der Waals surface area contributed by atoms with E-state index < -0.39 is 0 Å². The summed E-state index contributed by atoms with van der Waals surface area (Å²) < 4.78 is 21.7. The van der Waals surface area contributed by atoms with Crippen molar-refractivity contribution in [1.82, 2.24) is 4.90 Å². The quantitative estimate of drug-likeness (QED) is 0.279. The Bertz CT molecular complexity index is 824. The van der Waals surface area contributed by atoms with Gasteiger partial charge in [-0.05, 0) is 16.7 Å². The normalized spacial score (nSPS) is 14.9. The lowest BCUT2D eigenvalue weighted by molar-refractivity contribution is -0.206. The fourth-order valence-electron chi connectivity index (χ4n) is 3.94. The van der Waals surface area contributed by atoms with Gasteiger partial charge in [-0.2, -0.15) is 0 Å². The van der Waals surface area contributed by atoms with E-state index in [0.29, 0.717) is 46.8 Å². The number of nitrogens with zero attached hydrogens (tertiary/aromatic N) is 1.